The van der Waals surface area contributed by atoms with Gasteiger partial charge in [0.15, 0.2) is 0 Å². The van der Waals surface area contributed by atoms with Crippen LogP contribution in [0.3, 0.4) is 0 Å². The maximum atomic E-state index is 6.08. The number of rotatable bonds is 1. The van der Waals surface area contributed by atoms with Gasteiger partial charge in [0.05, 0.1) is 10.5 Å². The summed E-state index contributed by atoms with van der Waals surface area (Å²) in [6.07, 6.45) is 2.39. The van der Waals surface area contributed by atoms with Crippen LogP contribution in [0.5, 0.6) is 0 Å². The molecule has 1 heterocycles. The highest BCUT2D eigenvalue weighted by Gasteiger charge is 1.99. The maximum Gasteiger partial charge on any atom is 0.0717 e. The van der Waals surface area contributed by atoms with Crippen molar-refractivity contribution in [1.82, 2.24) is 4.98 Å². The molecule has 1 aromatic carbocycles. The van der Waals surface area contributed by atoms with Crippen LogP contribution in [0.4, 0.5) is 0 Å². The van der Waals surface area contributed by atoms with Crippen LogP contribution in [0.15, 0.2) is 30.5 Å². The normalized spacial score (nSPS) is 9.88. The second-order valence-corrected chi connectivity index (χ2v) is 4.05. The fraction of sp³-hybridized carbons (Fsp3) is 0.154. The zero-order chi connectivity index (χ0) is 11.4. The Kier molecular flexibility index (Phi) is 3.66. The molecule has 0 saturated carbocycles. The molecule has 0 aliphatic heterocycles. The standard InChI is InChI=1S/C13H9Cl2N/c14-7-2-1-3-10-4-5-13-11(9-10)12(15)6-8-16-13/h4-6,8-9H,2,7H2. The number of fused-ring (bicyclic) bond motifs is 1. The third-order valence-corrected chi connectivity index (χ3v) is 2.66. The van der Waals surface area contributed by atoms with E-state index in [1.54, 1.807) is 12.3 Å². The number of hydrogen-bond donors (Lipinski definition) is 0. The van der Waals surface area contributed by atoms with E-state index in [1.165, 1.54) is 0 Å². The first-order chi connectivity index (χ1) is 7.81. The van der Waals surface area contributed by atoms with Gasteiger partial charge in [-0.05, 0) is 24.3 Å². The summed E-state index contributed by atoms with van der Waals surface area (Å²) < 4.78 is 0. The van der Waals surface area contributed by atoms with Gasteiger partial charge in [-0.25, -0.2) is 0 Å². The molecule has 0 radical (unpaired) electrons. The van der Waals surface area contributed by atoms with Crippen molar-refractivity contribution in [3.63, 3.8) is 0 Å². The summed E-state index contributed by atoms with van der Waals surface area (Å²) in [6, 6.07) is 7.59. The molecule has 0 saturated heterocycles. The summed E-state index contributed by atoms with van der Waals surface area (Å²) in [4.78, 5) is 4.23. The van der Waals surface area contributed by atoms with Gasteiger partial charge in [0.2, 0.25) is 0 Å². The highest BCUT2D eigenvalue weighted by Crippen LogP contribution is 2.22. The van der Waals surface area contributed by atoms with Crippen molar-refractivity contribution in [3.8, 4) is 11.8 Å². The third-order valence-electron chi connectivity index (χ3n) is 2.14. The Hall–Kier alpha value is -1.23. The molecule has 0 aliphatic rings. The number of aromatic nitrogens is 1. The van der Waals surface area contributed by atoms with Gasteiger partial charge in [-0.3, -0.25) is 4.98 Å². The predicted molar refractivity (Wildman–Crippen MR) is 69.0 cm³/mol. The number of halogens is 2. The van der Waals surface area contributed by atoms with E-state index in [0.717, 1.165) is 16.5 Å². The van der Waals surface area contributed by atoms with E-state index >= 15 is 0 Å². The lowest BCUT2D eigenvalue weighted by molar-refractivity contribution is 1.29. The monoisotopic (exact) mass is 249 g/mol. The smallest absolute Gasteiger partial charge is 0.0717 e. The van der Waals surface area contributed by atoms with Crippen LogP contribution >= 0.6 is 23.2 Å². The Morgan fingerprint density at radius 2 is 2.12 bits per heavy atom. The fourth-order valence-electron chi connectivity index (χ4n) is 1.40. The second kappa shape index (κ2) is 5.21. The van der Waals surface area contributed by atoms with Crippen molar-refractivity contribution < 1.29 is 0 Å². The van der Waals surface area contributed by atoms with E-state index in [4.69, 9.17) is 23.2 Å². The molecular formula is C13H9Cl2N. The van der Waals surface area contributed by atoms with Crippen molar-refractivity contribution in [1.29, 1.82) is 0 Å². The molecule has 0 N–H and O–H groups in total. The van der Waals surface area contributed by atoms with Crippen LogP contribution < -0.4 is 0 Å². The van der Waals surface area contributed by atoms with Gasteiger partial charge in [-0.2, -0.15) is 0 Å². The summed E-state index contributed by atoms with van der Waals surface area (Å²) >= 11 is 11.6. The van der Waals surface area contributed by atoms with Crippen LogP contribution in [0.25, 0.3) is 10.9 Å². The largest absolute Gasteiger partial charge is 0.256 e. The average Bonchev–Trinajstić information content (AvgIpc) is 2.30. The van der Waals surface area contributed by atoms with Crippen LogP contribution in [0, 0.1) is 11.8 Å². The topological polar surface area (TPSA) is 12.9 Å². The molecule has 0 bridgehead atoms. The SMILES string of the molecule is ClCCC#Cc1ccc2nccc(Cl)c2c1. The van der Waals surface area contributed by atoms with Crippen LogP contribution in [0.1, 0.15) is 12.0 Å². The average molecular weight is 250 g/mol. The Balaban J connectivity index is 2.44. The van der Waals surface area contributed by atoms with Gasteiger partial charge in [-0.1, -0.05) is 23.4 Å². The van der Waals surface area contributed by atoms with Crippen molar-refractivity contribution >= 4 is 34.1 Å². The Bertz CT molecular complexity index is 567. The highest BCUT2D eigenvalue weighted by atomic mass is 35.5. The van der Waals surface area contributed by atoms with Crippen molar-refractivity contribution in [2.24, 2.45) is 0 Å². The Labute approximate surface area is 104 Å². The molecule has 0 atom stereocenters. The minimum atomic E-state index is 0.558. The number of alkyl halides is 1. The van der Waals surface area contributed by atoms with Crippen LogP contribution in [0.2, 0.25) is 5.02 Å². The third kappa shape index (κ3) is 2.47. The number of hydrogen-bond acceptors (Lipinski definition) is 1. The molecule has 2 aromatic rings. The molecule has 0 amide bonds. The van der Waals surface area contributed by atoms with E-state index < -0.39 is 0 Å². The lowest BCUT2D eigenvalue weighted by Crippen LogP contribution is -1.81. The molecule has 0 fully saturated rings. The molecule has 0 aliphatic carbocycles. The van der Waals surface area contributed by atoms with Crippen molar-refractivity contribution in [3.05, 3.63) is 41.0 Å². The second-order valence-electron chi connectivity index (χ2n) is 3.27. The molecule has 3 heteroatoms. The highest BCUT2D eigenvalue weighted by molar-refractivity contribution is 6.35. The molecule has 80 valence electrons. The molecule has 16 heavy (non-hydrogen) atoms. The van der Waals surface area contributed by atoms with Gasteiger partial charge in [-0.15, -0.1) is 11.6 Å². The van der Waals surface area contributed by atoms with Gasteiger partial charge in [0.25, 0.3) is 0 Å². The quantitative estimate of drug-likeness (QED) is 0.553. The molecule has 0 unspecified atom stereocenters. The van der Waals surface area contributed by atoms with Crippen LogP contribution in [-0.2, 0) is 0 Å². The number of pyridine rings is 1. The number of benzene rings is 1. The zero-order valence-electron chi connectivity index (χ0n) is 8.50. The first-order valence-electron chi connectivity index (χ1n) is 4.90. The lowest BCUT2D eigenvalue weighted by Gasteiger charge is -1.99. The maximum absolute atomic E-state index is 6.08. The van der Waals surface area contributed by atoms with Crippen molar-refractivity contribution in [2.45, 2.75) is 6.42 Å². The van der Waals surface area contributed by atoms with E-state index in [2.05, 4.69) is 16.8 Å². The summed E-state index contributed by atoms with van der Waals surface area (Å²) in [6.45, 7) is 0. The van der Waals surface area contributed by atoms with Gasteiger partial charge in [0.1, 0.15) is 0 Å². The Morgan fingerprint density at radius 3 is 2.94 bits per heavy atom. The predicted octanol–water partition coefficient (Wildman–Crippen LogP) is 3.87. The summed E-state index contributed by atoms with van der Waals surface area (Å²) in [5.41, 5.74) is 1.82. The van der Waals surface area contributed by atoms with Gasteiger partial charge < -0.3 is 0 Å². The molecule has 2 rings (SSSR count). The Morgan fingerprint density at radius 1 is 1.25 bits per heavy atom. The lowest BCUT2D eigenvalue weighted by atomic mass is 10.1. The molecule has 1 nitrogen and oxygen atoms in total. The van der Waals surface area contributed by atoms with E-state index in [1.807, 2.05) is 18.2 Å². The molecular weight excluding hydrogens is 241 g/mol. The first kappa shape index (κ1) is 11.3. The van der Waals surface area contributed by atoms with Gasteiger partial charge in [0, 0.05) is 29.4 Å². The first-order valence-corrected chi connectivity index (χ1v) is 5.81. The molecule has 1 aromatic heterocycles. The summed E-state index contributed by atoms with van der Waals surface area (Å²) in [7, 11) is 0. The fourth-order valence-corrected chi connectivity index (χ4v) is 1.70. The summed E-state index contributed by atoms with van der Waals surface area (Å²) in [5.74, 6) is 6.59. The van der Waals surface area contributed by atoms with E-state index in [9.17, 15) is 0 Å². The zero-order valence-corrected chi connectivity index (χ0v) is 10.0. The minimum absolute atomic E-state index is 0.558. The van der Waals surface area contributed by atoms with E-state index in [0.29, 0.717) is 17.3 Å². The van der Waals surface area contributed by atoms with E-state index in [-0.39, 0.29) is 0 Å². The minimum Gasteiger partial charge on any atom is -0.256 e. The number of nitrogens with zero attached hydrogens (tertiary/aromatic N) is 1. The van der Waals surface area contributed by atoms with Crippen LogP contribution in [-0.4, -0.2) is 10.9 Å². The molecule has 0 spiro atoms. The van der Waals surface area contributed by atoms with Crippen molar-refractivity contribution in [2.75, 3.05) is 5.88 Å². The van der Waals surface area contributed by atoms with Gasteiger partial charge >= 0.3 is 0 Å². The summed E-state index contributed by atoms with van der Waals surface area (Å²) in [5, 5.41) is 1.63.